The summed E-state index contributed by atoms with van der Waals surface area (Å²) in [6.45, 7) is 0. The van der Waals surface area contributed by atoms with E-state index in [1.165, 1.54) is 0 Å². The summed E-state index contributed by atoms with van der Waals surface area (Å²) in [5.74, 6) is 1.35. The molecule has 20 heavy (non-hydrogen) atoms. The number of halogens is 2. The lowest BCUT2D eigenvalue weighted by atomic mass is 10.1. The SMILES string of the molecule is Nc1c(Oc2ccc(Br)cc2Br)ccc2cnccc12. The van der Waals surface area contributed by atoms with Gasteiger partial charge in [0.1, 0.15) is 5.75 Å². The van der Waals surface area contributed by atoms with E-state index in [-0.39, 0.29) is 0 Å². The number of nitrogens with zero attached hydrogens (tertiary/aromatic N) is 1. The monoisotopic (exact) mass is 392 g/mol. The minimum Gasteiger partial charge on any atom is -0.454 e. The Morgan fingerprint density at radius 2 is 1.80 bits per heavy atom. The third-order valence-electron chi connectivity index (χ3n) is 2.94. The largest absolute Gasteiger partial charge is 0.454 e. The van der Waals surface area contributed by atoms with Crippen molar-refractivity contribution in [3.05, 3.63) is 57.7 Å². The van der Waals surface area contributed by atoms with Crippen molar-refractivity contribution >= 4 is 48.3 Å². The maximum atomic E-state index is 6.17. The number of nitrogens with two attached hydrogens (primary N) is 1. The molecule has 3 aromatic rings. The van der Waals surface area contributed by atoms with E-state index in [4.69, 9.17) is 10.5 Å². The van der Waals surface area contributed by atoms with Crippen molar-refractivity contribution in [2.45, 2.75) is 0 Å². The highest BCUT2D eigenvalue weighted by atomic mass is 79.9. The van der Waals surface area contributed by atoms with Crippen LogP contribution in [0.4, 0.5) is 5.69 Å². The van der Waals surface area contributed by atoms with Gasteiger partial charge in [-0.15, -0.1) is 0 Å². The van der Waals surface area contributed by atoms with Crippen LogP contribution in [-0.4, -0.2) is 4.98 Å². The van der Waals surface area contributed by atoms with Crippen LogP contribution in [0, 0.1) is 0 Å². The first-order valence-electron chi connectivity index (χ1n) is 5.90. The van der Waals surface area contributed by atoms with E-state index in [1.807, 2.05) is 36.4 Å². The summed E-state index contributed by atoms with van der Waals surface area (Å²) in [7, 11) is 0. The number of pyridine rings is 1. The summed E-state index contributed by atoms with van der Waals surface area (Å²) in [5.41, 5.74) is 6.78. The number of hydrogen-bond acceptors (Lipinski definition) is 3. The Labute approximate surface area is 133 Å². The molecule has 3 rings (SSSR count). The molecule has 0 aliphatic heterocycles. The van der Waals surface area contributed by atoms with Gasteiger partial charge in [-0.2, -0.15) is 0 Å². The Morgan fingerprint density at radius 1 is 1.00 bits per heavy atom. The number of aromatic nitrogens is 1. The standard InChI is InChI=1S/C15H10Br2N2O/c16-10-2-4-13(12(17)7-10)20-14-3-1-9-8-19-6-5-11(9)15(14)18/h1-8H,18H2. The lowest BCUT2D eigenvalue weighted by Gasteiger charge is -2.12. The number of nitrogen functional groups attached to an aromatic ring is 1. The lowest BCUT2D eigenvalue weighted by molar-refractivity contribution is 0.482. The second-order valence-electron chi connectivity index (χ2n) is 4.25. The fraction of sp³-hybridized carbons (Fsp3) is 0. The molecule has 0 aliphatic rings. The highest BCUT2D eigenvalue weighted by molar-refractivity contribution is 9.11. The molecule has 1 aromatic heterocycles. The first-order chi connectivity index (χ1) is 9.65. The molecular formula is C15H10Br2N2O. The molecule has 0 bridgehead atoms. The Morgan fingerprint density at radius 3 is 2.60 bits per heavy atom. The molecule has 0 aliphatic carbocycles. The summed E-state index contributed by atoms with van der Waals surface area (Å²) in [4.78, 5) is 4.08. The van der Waals surface area contributed by atoms with E-state index in [9.17, 15) is 0 Å². The molecule has 0 saturated heterocycles. The Hall–Kier alpha value is -1.59. The molecule has 0 amide bonds. The van der Waals surface area contributed by atoms with Crippen LogP contribution in [-0.2, 0) is 0 Å². The molecule has 0 spiro atoms. The Kier molecular flexibility index (Phi) is 3.63. The van der Waals surface area contributed by atoms with Crippen LogP contribution in [0.25, 0.3) is 10.8 Å². The van der Waals surface area contributed by atoms with Gasteiger partial charge in [-0.3, -0.25) is 4.98 Å². The lowest BCUT2D eigenvalue weighted by Crippen LogP contribution is -1.94. The van der Waals surface area contributed by atoms with Crippen molar-refractivity contribution in [3.63, 3.8) is 0 Å². The van der Waals surface area contributed by atoms with Crippen molar-refractivity contribution in [3.8, 4) is 11.5 Å². The van der Waals surface area contributed by atoms with E-state index >= 15 is 0 Å². The second kappa shape index (κ2) is 5.42. The van der Waals surface area contributed by atoms with Crippen molar-refractivity contribution in [1.82, 2.24) is 4.98 Å². The van der Waals surface area contributed by atoms with Crippen molar-refractivity contribution in [2.75, 3.05) is 5.73 Å². The van der Waals surface area contributed by atoms with Gasteiger partial charge in [0.05, 0.1) is 10.2 Å². The number of anilines is 1. The average Bonchev–Trinajstić information content (AvgIpc) is 2.45. The number of hydrogen-bond donors (Lipinski definition) is 1. The minimum atomic E-state index is 0.611. The Balaban J connectivity index is 2.04. The van der Waals surface area contributed by atoms with Crippen molar-refractivity contribution in [2.24, 2.45) is 0 Å². The van der Waals surface area contributed by atoms with Crippen LogP contribution in [0.1, 0.15) is 0 Å². The summed E-state index contributed by atoms with van der Waals surface area (Å²) < 4.78 is 7.73. The smallest absolute Gasteiger partial charge is 0.151 e. The number of ether oxygens (including phenoxy) is 1. The second-order valence-corrected chi connectivity index (χ2v) is 6.02. The first-order valence-corrected chi connectivity index (χ1v) is 7.49. The fourth-order valence-corrected chi connectivity index (χ4v) is 3.07. The van der Waals surface area contributed by atoms with Crippen LogP contribution >= 0.6 is 31.9 Å². The molecule has 2 N–H and O–H groups in total. The topological polar surface area (TPSA) is 48.1 Å². The zero-order chi connectivity index (χ0) is 14.1. The maximum Gasteiger partial charge on any atom is 0.151 e. The van der Waals surface area contributed by atoms with Crippen LogP contribution in [0.5, 0.6) is 11.5 Å². The molecule has 5 heteroatoms. The van der Waals surface area contributed by atoms with E-state index in [0.717, 1.165) is 19.7 Å². The van der Waals surface area contributed by atoms with Crippen LogP contribution < -0.4 is 10.5 Å². The van der Waals surface area contributed by atoms with Gasteiger partial charge in [0.15, 0.2) is 5.75 Å². The molecular weight excluding hydrogens is 384 g/mol. The minimum absolute atomic E-state index is 0.611. The molecule has 1 heterocycles. The van der Waals surface area contributed by atoms with Gasteiger partial charge in [-0.25, -0.2) is 0 Å². The molecule has 3 nitrogen and oxygen atoms in total. The van der Waals surface area contributed by atoms with Crippen LogP contribution in [0.3, 0.4) is 0 Å². The van der Waals surface area contributed by atoms with Gasteiger partial charge >= 0.3 is 0 Å². The fourth-order valence-electron chi connectivity index (χ4n) is 1.94. The van der Waals surface area contributed by atoms with Gasteiger partial charge in [-0.1, -0.05) is 15.9 Å². The van der Waals surface area contributed by atoms with Crippen LogP contribution in [0.2, 0.25) is 0 Å². The van der Waals surface area contributed by atoms with E-state index in [0.29, 0.717) is 17.2 Å². The summed E-state index contributed by atoms with van der Waals surface area (Å²) in [6.07, 6.45) is 3.50. The molecule has 0 unspecified atom stereocenters. The normalized spacial score (nSPS) is 10.7. The quantitative estimate of drug-likeness (QED) is 0.613. The zero-order valence-corrected chi connectivity index (χ0v) is 13.5. The average molecular weight is 394 g/mol. The predicted molar refractivity (Wildman–Crippen MR) is 88.1 cm³/mol. The first kappa shape index (κ1) is 13.4. The van der Waals surface area contributed by atoms with Gasteiger partial charge in [0.2, 0.25) is 0 Å². The molecule has 2 aromatic carbocycles. The zero-order valence-electron chi connectivity index (χ0n) is 10.3. The third kappa shape index (κ3) is 2.51. The van der Waals surface area contributed by atoms with E-state index in [2.05, 4.69) is 36.8 Å². The number of benzene rings is 2. The molecule has 0 saturated carbocycles. The predicted octanol–water partition coefficient (Wildman–Crippen LogP) is 5.13. The number of rotatable bonds is 2. The highest BCUT2D eigenvalue weighted by Gasteiger charge is 2.09. The Bertz CT molecular complexity index is 790. The molecule has 0 radical (unpaired) electrons. The van der Waals surface area contributed by atoms with E-state index < -0.39 is 0 Å². The maximum absolute atomic E-state index is 6.17. The van der Waals surface area contributed by atoms with Gasteiger partial charge in [0.25, 0.3) is 0 Å². The van der Waals surface area contributed by atoms with Crippen molar-refractivity contribution in [1.29, 1.82) is 0 Å². The summed E-state index contributed by atoms with van der Waals surface area (Å²) in [5, 5.41) is 1.93. The highest BCUT2D eigenvalue weighted by Crippen LogP contribution is 2.37. The van der Waals surface area contributed by atoms with E-state index in [1.54, 1.807) is 12.4 Å². The van der Waals surface area contributed by atoms with Gasteiger partial charge < -0.3 is 10.5 Å². The van der Waals surface area contributed by atoms with Crippen LogP contribution in [0.15, 0.2) is 57.7 Å². The van der Waals surface area contributed by atoms with Gasteiger partial charge in [0, 0.05) is 27.6 Å². The summed E-state index contributed by atoms with van der Waals surface area (Å²) >= 11 is 6.88. The molecule has 100 valence electrons. The van der Waals surface area contributed by atoms with Gasteiger partial charge in [-0.05, 0) is 52.3 Å². The molecule has 0 fully saturated rings. The number of fused-ring (bicyclic) bond motifs is 1. The summed E-state index contributed by atoms with van der Waals surface area (Å²) in [6, 6.07) is 11.4. The van der Waals surface area contributed by atoms with Crippen molar-refractivity contribution < 1.29 is 4.74 Å². The third-order valence-corrected chi connectivity index (χ3v) is 4.05. The molecule has 0 atom stereocenters.